The lowest BCUT2D eigenvalue weighted by Gasteiger charge is -1.92. The Morgan fingerprint density at radius 1 is 1.64 bits per heavy atom. The minimum Gasteiger partial charge on any atom is -0.463 e. The van der Waals surface area contributed by atoms with E-state index in [1.165, 1.54) is 18.4 Å². The van der Waals surface area contributed by atoms with Crippen molar-refractivity contribution in [2.75, 3.05) is 7.11 Å². The van der Waals surface area contributed by atoms with Crippen LogP contribution in [0.5, 0.6) is 0 Å². The third-order valence-corrected chi connectivity index (χ3v) is 2.17. The molecule has 1 aromatic rings. The Kier molecular flexibility index (Phi) is 4.00. The Hall–Kier alpha value is -1.49. The van der Waals surface area contributed by atoms with Crippen molar-refractivity contribution in [1.82, 2.24) is 4.98 Å². The summed E-state index contributed by atoms with van der Waals surface area (Å²) in [5.41, 5.74) is 0. The van der Waals surface area contributed by atoms with Gasteiger partial charge in [0.05, 0.1) is 7.11 Å². The van der Waals surface area contributed by atoms with Gasteiger partial charge in [-0.1, -0.05) is 6.08 Å². The van der Waals surface area contributed by atoms with E-state index in [1.54, 1.807) is 18.3 Å². The molecular weight excluding hydrogens is 202 g/mol. The Labute approximate surface area is 85.2 Å². The monoisotopic (exact) mass is 211 g/mol. The van der Waals surface area contributed by atoms with Gasteiger partial charge < -0.3 is 4.74 Å². The number of hydrogen-bond acceptors (Lipinski definition) is 5. The highest BCUT2D eigenvalue weighted by Gasteiger charge is 2.10. The fourth-order valence-corrected chi connectivity index (χ4v) is 1.34. The van der Waals surface area contributed by atoms with Crippen LogP contribution in [-0.2, 0) is 14.3 Å². The van der Waals surface area contributed by atoms with Crippen molar-refractivity contribution >= 4 is 29.2 Å². The summed E-state index contributed by atoms with van der Waals surface area (Å²) in [6, 6.07) is 0. The number of rotatable bonds is 4. The average molecular weight is 211 g/mol. The normalized spacial score (nSPS) is 10.4. The van der Waals surface area contributed by atoms with Gasteiger partial charge in [-0.3, -0.25) is 4.79 Å². The molecule has 1 aromatic heterocycles. The predicted octanol–water partition coefficient (Wildman–Crippen LogP) is 1.29. The quantitative estimate of drug-likeness (QED) is 0.556. The largest absolute Gasteiger partial charge is 0.463 e. The molecule has 0 fully saturated rings. The number of Topliss-reactive ketones (excluding diaryl/α,β-unsaturated/α-hetero) is 1. The average Bonchev–Trinajstić information content (AvgIpc) is 2.69. The van der Waals surface area contributed by atoms with Gasteiger partial charge in [-0.15, -0.1) is 11.3 Å². The molecule has 74 valence electrons. The Morgan fingerprint density at radius 3 is 3.00 bits per heavy atom. The maximum absolute atomic E-state index is 11.0. The maximum Gasteiger partial charge on any atom is 0.374 e. The molecule has 14 heavy (non-hydrogen) atoms. The fraction of sp³-hybridized carbons (Fsp3) is 0.222. The van der Waals surface area contributed by atoms with Gasteiger partial charge in [0.1, 0.15) is 5.01 Å². The number of thiazole rings is 1. The van der Waals surface area contributed by atoms with Crippen molar-refractivity contribution in [3.8, 4) is 0 Å². The van der Waals surface area contributed by atoms with Crippen LogP contribution in [0, 0.1) is 0 Å². The summed E-state index contributed by atoms with van der Waals surface area (Å²) >= 11 is 1.46. The van der Waals surface area contributed by atoms with Crippen molar-refractivity contribution in [1.29, 1.82) is 0 Å². The first-order valence-electron chi connectivity index (χ1n) is 3.91. The summed E-state index contributed by atoms with van der Waals surface area (Å²) in [4.78, 5) is 25.6. The lowest BCUT2D eigenvalue weighted by Crippen LogP contribution is -2.13. The minimum atomic E-state index is -0.811. The fourth-order valence-electron chi connectivity index (χ4n) is 0.781. The molecule has 0 aromatic carbocycles. The summed E-state index contributed by atoms with van der Waals surface area (Å²) in [6.07, 6.45) is 5.02. The van der Waals surface area contributed by atoms with Gasteiger partial charge >= 0.3 is 5.97 Å². The molecule has 0 aliphatic heterocycles. The number of esters is 1. The molecule has 0 N–H and O–H groups in total. The molecule has 5 heteroatoms. The lowest BCUT2D eigenvalue weighted by molar-refractivity contribution is -0.151. The second kappa shape index (κ2) is 5.29. The molecule has 0 saturated heterocycles. The van der Waals surface area contributed by atoms with E-state index in [1.807, 2.05) is 5.38 Å². The summed E-state index contributed by atoms with van der Waals surface area (Å²) in [5.74, 6) is -1.37. The molecule has 0 radical (unpaired) electrons. The third-order valence-electron chi connectivity index (χ3n) is 1.43. The Bertz CT molecular complexity index is 343. The minimum absolute atomic E-state index is 0.0479. The summed E-state index contributed by atoms with van der Waals surface area (Å²) < 4.78 is 4.26. The van der Waals surface area contributed by atoms with E-state index in [4.69, 9.17) is 0 Å². The Balaban J connectivity index is 2.41. The summed E-state index contributed by atoms with van der Waals surface area (Å²) in [6.45, 7) is 0. The number of hydrogen-bond donors (Lipinski definition) is 0. The second-order valence-electron chi connectivity index (χ2n) is 2.39. The zero-order valence-electron chi connectivity index (χ0n) is 7.60. The van der Waals surface area contributed by atoms with Crippen molar-refractivity contribution < 1.29 is 14.3 Å². The topological polar surface area (TPSA) is 56.3 Å². The highest BCUT2D eigenvalue weighted by atomic mass is 32.1. The van der Waals surface area contributed by atoms with Crippen molar-refractivity contribution in [3.05, 3.63) is 22.7 Å². The number of methoxy groups -OCH3 is 1. The third kappa shape index (κ3) is 3.10. The van der Waals surface area contributed by atoms with Crippen LogP contribution in [0.4, 0.5) is 0 Å². The molecule has 0 amide bonds. The highest BCUT2D eigenvalue weighted by molar-refractivity contribution is 7.10. The molecule has 4 nitrogen and oxygen atoms in total. The van der Waals surface area contributed by atoms with E-state index in [0.29, 0.717) is 0 Å². The highest BCUT2D eigenvalue weighted by Crippen LogP contribution is 2.06. The second-order valence-corrected chi connectivity index (χ2v) is 3.32. The SMILES string of the molecule is COC(=O)C(=O)CC=Cc1nccs1. The number of ether oxygens (including phenoxy) is 1. The zero-order chi connectivity index (χ0) is 10.4. The van der Waals surface area contributed by atoms with E-state index >= 15 is 0 Å². The van der Waals surface area contributed by atoms with Crippen molar-refractivity contribution in [2.24, 2.45) is 0 Å². The number of allylic oxidation sites excluding steroid dienone is 1. The molecule has 0 saturated carbocycles. The van der Waals surface area contributed by atoms with Crippen LogP contribution in [0.15, 0.2) is 17.7 Å². The van der Waals surface area contributed by atoms with Crippen LogP contribution in [0.2, 0.25) is 0 Å². The lowest BCUT2D eigenvalue weighted by atomic mass is 10.2. The first-order chi connectivity index (χ1) is 6.74. The maximum atomic E-state index is 11.0. The molecule has 1 rings (SSSR count). The molecule has 0 atom stereocenters. The zero-order valence-corrected chi connectivity index (χ0v) is 8.41. The number of ketones is 1. The van der Waals surface area contributed by atoms with E-state index in [9.17, 15) is 9.59 Å². The van der Waals surface area contributed by atoms with Crippen LogP contribution >= 0.6 is 11.3 Å². The summed E-state index contributed by atoms with van der Waals surface area (Å²) in [7, 11) is 1.19. The van der Waals surface area contributed by atoms with Crippen LogP contribution in [0.3, 0.4) is 0 Å². The number of carbonyl (C=O) groups excluding carboxylic acids is 2. The van der Waals surface area contributed by atoms with E-state index < -0.39 is 11.8 Å². The van der Waals surface area contributed by atoms with Gasteiger partial charge in [0.15, 0.2) is 0 Å². The van der Waals surface area contributed by atoms with Gasteiger partial charge in [0.2, 0.25) is 5.78 Å². The molecule has 0 aliphatic rings. The molecular formula is C9H9NO3S. The van der Waals surface area contributed by atoms with E-state index in [-0.39, 0.29) is 6.42 Å². The predicted molar refractivity (Wildman–Crippen MR) is 52.8 cm³/mol. The van der Waals surface area contributed by atoms with E-state index in [2.05, 4.69) is 9.72 Å². The standard InChI is InChI=1S/C9H9NO3S/c1-13-9(12)7(11)3-2-4-8-10-5-6-14-8/h2,4-6H,3H2,1H3. The molecule has 0 unspecified atom stereocenters. The smallest absolute Gasteiger partial charge is 0.374 e. The van der Waals surface area contributed by atoms with Crippen LogP contribution in [0.25, 0.3) is 6.08 Å². The van der Waals surface area contributed by atoms with Crippen molar-refractivity contribution in [2.45, 2.75) is 6.42 Å². The first kappa shape index (κ1) is 10.6. The first-order valence-corrected chi connectivity index (χ1v) is 4.79. The van der Waals surface area contributed by atoms with Crippen molar-refractivity contribution in [3.63, 3.8) is 0 Å². The molecule has 0 bridgehead atoms. The molecule has 1 heterocycles. The number of nitrogens with zero attached hydrogens (tertiary/aromatic N) is 1. The van der Waals surface area contributed by atoms with Gasteiger partial charge in [-0.25, -0.2) is 9.78 Å². The van der Waals surface area contributed by atoms with Gasteiger partial charge in [-0.2, -0.15) is 0 Å². The van der Waals surface area contributed by atoms with Gasteiger partial charge in [0, 0.05) is 18.0 Å². The Morgan fingerprint density at radius 2 is 2.43 bits per heavy atom. The van der Waals surface area contributed by atoms with Crippen LogP contribution < -0.4 is 0 Å². The van der Waals surface area contributed by atoms with E-state index in [0.717, 1.165) is 5.01 Å². The summed E-state index contributed by atoms with van der Waals surface area (Å²) in [5, 5.41) is 2.64. The van der Waals surface area contributed by atoms with Crippen LogP contribution in [0.1, 0.15) is 11.4 Å². The molecule has 0 spiro atoms. The number of carbonyl (C=O) groups is 2. The molecule has 0 aliphatic carbocycles. The van der Waals surface area contributed by atoms with Crippen LogP contribution in [-0.4, -0.2) is 23.8 Å². The van der Waals surface area contributed by atoms with Gasteiger partial charge in [0.25, 0.3) is 0 Å². The van der Waals surface area contributed by atoms with Gasteiger partial charge in [-0.05, 0) is 6.08 Å². The number of aromatic nitrogens is 1.